The Bertz CT molecular complexity index is 676. The highest BCUT2D eigenvalue weighted by Gasteiger charge is 2.20. The summed E-state index contributed by atoms with van der Waals surface area (Å²) in [6.07, 6.45) is 1.43. The summed E-state index contributed by atoms with van der Waals surface area (Å²) in [5.41, 5.74) is 0.617. The molecular formula is C20H27NO5S2. The van der Waals surface area contributed by atoms with E-state index in [0.29, 0.717) is 41.6 Å². The van der Waals surface area contributed by atoms with Gasteiger partial charge < -0.3 is 9.47 Å². The van der Waals surface area contributed by atoms with Gasteiger partial charge in [0.05, 0.1) is 13.7 Å². The lowest BCUT2D eigenvalue weighted by molar-refractivity contribution is -0.142. The van der Waals surface area contributed by atoms with Crippen molar-refractivity contribution in [2.24, 2.45) is 0 Å². The minimum Gasteiger partial charge on any atom is -0.497 e. The fourth-order valence-electron chi connectivity index (χ4n) is 2.57. The molecule has 6 nitrogen and oxygen atoms in total. The third-order valence-electron chi connectivity index (χ3n) is 4.07. The zero-order valence-electron chi connectivity index (χ0n) is 16.7. The summed E-state index contributed by atoms with van der Waals surface area (Å²) >= 11 is 6.57. The highest BCUT2D eigenvalue weighted by atomic mass is 32.2. The molecule has 1 unspecified atom stereocenters. The number of rotatable bonds is 10. The summed E-state index contributed by atoms with van der Waals surface area (Å²) in [6.45, 7) is 5.33. The van der Waals surface area contributed by atoms with Crippen molar-refractivity contribution < 1.29 is 23.9 Å². The topological polar surface area (TPSA) is 72.9 Å². The molecule has 1 aromatic carbocycles. The van der Waals surface area contributed by atoms with Crippen LogP contribution in [-0.4, -0.2) is 52.4 Å². The number of thiocarbonyl (C=S) groups is 1. The quantitative estimate of drug-likeness (QED) is 0.416. The molecule has 0 aliphatic carbocycles. The first-order valence-electron chi connectivity index (χ1n) is 9.07. The van der Waals surface area contributed by atoms with E-state index in [9.17, 15) is 14.4 Å². The molecule has 0 saturated heterocycles. The van der Waals surface area contributed by atoms with Crippen LogP contribution in [0, 0.1) is 0 Å². The molecule has 0 aromatic heterocycles. The van der Waals surface area contributed by atoms with Gasteiger partial charge in [-0.1, -0.05) is 11.8 Å². The van der Waals surface area contributed by atoms with Crippen LogP contribution in [0.25, 0.3) is 0 Å². The van der Waals surface area contributed by atoms with E-state index in [1.807, 2.05) is 6.92 Å². The minimum absolute atomic E-state index is 0.0190. The van der Waals surface area contributed by atoms with Crippen molar-refractivity contribution in [2.75, 3.05) is 20.3 Å². The van der Waals surface area contributed by atoms with Crippen molar-refractivity contribution in [3.63, 3.8) is 0 Å². The standard InChI is InChI=1S/C20H27NO5S2/c1-5-26-20(27)28-18(12-13-21(14(2)22)15(3)23)10-11-19(24)16-6-8-17(25-4)9-7-16/h6-9,18H,5,10-13H2,1-4H3. The Labute approximate surface area is 175 Å². The lowest BCUT2D eigenvalue weighted by atomic mass is 10.0. The maximum atomic E-state index is 12.5. The largest absolute Gasteiger partial charge is 0.497 e. The second kappa shape index (κ2) is 12.5. The molecule has 1 aromatic rings. The number of carbonyl (C=O) groups is 3. The van der Waals surface area contributed by atoms with E-state index in [1.54, 1.807) is 31.4 Å². The number of methoxy groups -OCH3 is 1. The molecule has 0 fully saturated rings. The van der Waals surface area contributed by atoms with Crippen LogP contribution >= 0.6 is 24.0 Å². The number of imide groups is 1. The van der Waals surface area contributed by atoms with Crippen molar-refractivity contribution in [2.45, 2.75) is 45.3 Å². The van der Waals surface area contributed by atoms with Crippen LogP contribution in [0.4, 0.5) is 0 Å². The van der Waals surface area contributed by atoms with Crippen molar-refractivity contribution >= 4 is 46.0 Å². The predicted molar refractivity (Wildman–Crippen MR) is 115 cm³/mol. The van der Waals surface area contributed by atoms with Gasteiger partial charge in [0.25, 0.3) is 0 Å². The molecule has 0 aliphatic rings. The lowest BCUT2D eigenvalue weighted by Crippen LogP contribution is -2.35. The van der Waals surface area contributed by atoms with Crippen LogP contribution < -0.4 is 4.74 Å². The average molecular weight is 426 g/mol. The van der Waals surface area contributed by atoms with Gasteiger partial charge in [0.2, 0.25) is 16.2 Å². The molecule has 1 atom stereocenters. The van der Waals surface area contributed by atoms with E-state index in [4.69, 9.17) is 21.7 Å². The zero-order valence-corrected chi connectivity index (χ0v) is 18.4. The Morgan fingerprint density at radius 1 is 1.11 bits per heavy atom. The number of carbonyl (C=O) groups excluding carboxylic acids is 3. The molecule has 0 saturated carbocycles. The Hall–Kier alpha value is -1.93. The highest BCUT2D eigenvalue weighted by Crippen LogP contribution is 2.24. The van der Waals surface area contributed by atoms with Crippen LogP contribution in [0.1, 0.15) is 50.4 Å². The number of Topliss-reactive ketones (excluding diaryl/α,β-unsaturated/α-hetero) is 1. The number of thioether (sulfide) groups is 1. The van der Waals surface area contributed by atoms with Crippen LogP contribution in [-0.2, 0) is 14.3 Å². The third kappa shape index (κ3) is 8.39. The molecule has 0 aliphatic heterocycles. The average Bonchev–Trinajstić information content (AvgIpc) is 2.65. The summed E-state index contributed by atoms with van der Waals surface area (Å²) < 4.78 is 10.8. The first-order chi connectivity index (χ1) is 13.3. The van der Waals surface area contributed by atoms with Crippen LogP contribution in [0.2, 0.25) is 0 Å². The molecule has 28 heavy (non-hydrogen) atoms. The normalized spacial score (nSPS) is 11.4. The van der Waals surface area contributed by atoms with E-state index >= 15 is 0 Å². The number of benzene rings is 1. The van der Waals surface area contributed by atoms with Gasteiger partial charge in [-0.25, -0.2) is 0 Å². The molecule has 0 radical (unpaired) electrons. The number of hydrogen-bond acceptors (Lipinski definition) is 7. The first-order valence-corrected chi connectivity index (χ1v) is 10.4. The van der Waals surface area contributed by atoms with E-state index in [0.717, 1.165) is 0 Å². The summed E-state index contributed by atoms with van der Waals surface area (Å²) in [7, 11) is 1.57. The smallest absolute Gasteiger partial charge is 0.226 e. The summed E-state index contributed by atoms with van der Waals surface area (Å²) in [5, 5.41) is -0.0394. The van der Waals surface area contributed by atoms with Gasteiger partial charge >= 0.3 is 0 Å². The van der Waals surface area contributed by atoms with Crippen LogP contribution in [0.3, 0.4) is 0 Å². The summed E-state index contributed by atoms with van der Waals surface area (Å²) in [6, 6.07) is 6.98. The zero-order chi connectivity index (χ0) is 21.1. The number of nitrogens with zero attached hydrogens (tertiary/aromatic N) is 1. The van der Waals surface area contributed by atoms with Crippen molar-refractivity contribution in [3.05, 3.63) is 29.8 Å². The maximum absolute atomic E-state index is 12.5. The summed E-state index contributed by atoms with van der Waals surface area (Å²) in [4.78, 5) is 36.9. The number of hydrogen-bond donors (Lipinski definition) is 0. The van der Waals surface area contributed by atoms with Gasteiger partial charge in [0.1, 0.15) is 5.75 Å². The van der Waals surface area contributed by atoms with E-state index in [2.05, 4.69) is 0 Å². The van der Waals surface area contributed by atoms with Gasteiger partial charge in [0, 0.05) is 37.6 Å². The van der Waals surface area contributed by atoms with Crippen molar-refractivity contribution in [3.8, 4) is 5.75 Å². The summed E-state index contributed by atoms with van der Waals surface area (Å²) in [5.74, 6) is 0.127. The Morgan fingerprint density at radius 2 is 1.71 bits per heavy atom. The minimum atomic E-state index is -0.294. The molecule has 2 amide bonds. The van der Waals surface area contributed by atoms with Gasteiger partial charge in [0.15, 0.2) is 5.78 Å². The second-order valence-corrected chi connectivity index (χ2v) is 7.99. The molecule has 0 N–H and O–H groups in total. The van der Waals surface area contributed by atoms with Gasteiger partial charge in [-0.3, -0.25) is 19.3 Å². The third-order valence-corrected chi connectivity index (χ3v) is 5.59. The molecule has 0 bridgehead atoms. The van der Waals surface area contributed by atoms with Gasteiger partial charge in [-0.15, -0.1) is 0 Å². The second-order valence-electron chi connectivity index (χ2n) is 6.09. The molecular weight excluding hydrogens is 398 g/mol. The predicted octanol–water partition coefficient (Wildman–Crippen LogP) is 3.87. The van der Waals surface area contributed by atoms with Gasteiger partial charge in [-0.2, -0.15) is 0 Å². The fourth-order valence-corrected chi connectivity index (χ4v) is 4.02. The van der Waals surface area contributed by atoms with E-state index < -0.39 is 0 Å². The lowest BCUT2D eigenvalue weighted by Gasteiger charge is -2.21. The first kappa shape index (κ1) is 24.1. The van der Waals surface area contributed by atoms with Gasteiger partial charge in [-0.05, 0) is 56.2 Å². The Morgan fingerprint density at radius 3 is 2.21 bits per heavy atom. The highest BCUT2D eigenvalue weighted by molar-refractivity contribution is 8.23. The molecule has 8 heteroatoms. The fraction of sp³-hybridized carbons (Fsp3) is 0.500. The van der Waals surface area contributed by atoms with Crippen molar-refractivity contribution in [1.82, 2.24) is 4.90 Å². The van der Waals surface area contributed by atoms with Crippen LogP contribution in [0.5, 0.6) is 5.75 Å². The van der Waals surface area contributed by atoms with E-state index in [-0.39, 0.29) is 29.4 Å². The Kier molecular flexibility index (Phi) is 10.8. The molecule has 0 spiro atoms. The van der Waals surface area contributed by atoms with Crippen molar-refractivity contribution in [1.29, 1.82) is 0 Å². The molecule has 0 heterocycles. The number of amides is 2. The maximum Gasteiger partial charge on any atom is 0.226 e. The monoisotopic (exact) mass is 425 g/mol. The molecule has 154 valence electrons. The number of ether oxygens (including phenoxy) is 2. The van der Waals surface area contributed by atoms with E-state index in [1.165, 1.54) is 30.5 Å². The Balaban J connectivity index is 2.72. The number of ketones is 1. The molecule has 1 rings (SSSR count). The van der Waals surface area contributed by atoms with Crippen LogP contribution in [0.15, 0.2) is 24.3 Å². The SMILES string of the molecule is CCOC(=S)SC(CCC(=O)c1ccc(OC)cc1)CCN(C(C)=O)C(C)=O.